The molecule has 0 aliphatic heterocycles. The lowest BCUT2D eigenvalue weighted by molar-refractivity contribution is 1.25. The number of nitrogens with one attached hydrogen (secondary N) is 1. The number of hydrogen-bond donors (Lipinski definition) is 2. The number of nitrogen functional groups attached to an aromatic ring is 1. The van der Waals surface area contributed by atoms with Gasteiger partial charge in [0.25, 0.3) is 5.56 Å². The molecule has 3 rings (SSSR count). The van der Waals surface area contributed by atoms with Crippen LogP contribution in [0.1, 0.15) is 0 Å². The first-order valence-electron chi connectivity index (χ1n) is 5.88. The fourth-order valence-electron chi connectivity index (χ4n) is 1.98. The summed E-state index contributed by atoms with van der Waals surface area (Å²) in [7, 11) is 0. The molecule has 3 nitrogen and oxygen atoms in total. The third kappa shape index (κ3) is 2.18. The number of benzene rings is 1. The average Bonchev–Trinajstić information content (AvgIpc) is 2.96. The number of nitrogens with two attached hydrogens (primary N) is 1. The number of aromatic amines is 1. The summed E-state index contributed by atoms with van der Waals surface area (Å²) < 4.78 is 0. The highest BCUT2D eigenvalue weighted by Gasteiger charge is 2.10. The van der Waals surface area contributed by atoms with Gasteiger partial charge in [-0.15, -0.1) is 11.3 Å². The predicted molar refractivity (Wildman–Crippen MR) is 80.2 cm³/mol. The fraction of sp³-hybridized carbons (Fsp3) is 0. The lowest BCUT2D eigenvalue weighted by Crippen LogP contribution is -2.13. The summed E-state index contributed by atoms with van der Waals surface area (Å²) in [6, 6.07) is 15.6. The second kappa shape index (κ2) is 4.74. The molecule has 2 heterocycles. The van der Waals surface area contributed by atoms with Crippen molar-refractivity contribution in [2.24, 2.45) is 0 Å². The molecule has 0 atom stereocenters. The zero-order valence-corrected chi connectivity index (χ0v) is 10.9. The maximum Gasteiger partial charge on any atom is 0.272 e. The Morgan fingerprint density at radius 1 is 1.05 bits per heavy atom. The van der Waals surface area contributed by atoms with Crippen molar-refractivity contribution in [1.29, 1.82) is 0 Å². The first kappa shape index (κ1) is 11.7. The molecule has 0 saturated heterocycles. The minimum Gasteiger partial charge on any atom is -0.394 e. The average molecular weight is 268 g/mol. The van der Waals surface area contributed by atoms with Gasteiger partial charge in [0.05, 0.1) is 0 Å². The molecule has 1 aromatic carbocycles. The molecule has 0 radical (unpaired) electrons. The highest BCUT2D eigenvalue weighted by Crippen LogP contribution is 2.30. The van der Waals surface area contributed by atoms with Crippen molar-refractivity contribution in [1.82, 2.24) is 4.98 Å². The third-order valence-corrected chi connectivity index (χ3v) is 3.85. The highest BCUT2D eigenvalue weighted by atomic mass is 32.1. The van der Waals surface area contributed by atoms with E-state index in [1.807, 2.05) is 53.9 Å². The van der Waals surface area contributed by atoms with Crippen LogP contribution in [-0.4, -0.2) is 4.98 Å². The maximum absolute atomic E-state index is 12.0. The van der Waals surface area contributed by atoms with Gasteiger partial charge in [0.1, 0.15) is 5.69 Å². The van der Waals surface area contributed by atoms with Crippen molar-refractivity contribution in [3.05, 3.63) is 64.3 Å². The van der Waals surface area contributed by atoms with Crippen LogP contribution in [0.3, 0.4) is 0 Å². The standard InChI is InChI=1S/C15H12N2OS/c16-14-11(13-7-4-8-19-13)9-12(17-15(14)18)10-5-2-1-3-6-10/h1-9H,16H2,(H,17,18). The Morgan fingerprint density at radius 3 is 2.53 bits per heavy atom. The van der Waals surface area contributed by atoms with E-state index in [2.05, 4.69) is 4.98 Å². The van der Waals surface area contributed by atoms with E-state index in [4.69, 9.17) is 5.73 Å². The number of pyridine rings is 1. The number of thiophene rings is 1. The van der Waals surface area contributed by atoms with Crippen molar-refractivity contribution >= 4 is 17.0 Å². The number of hydrogen-bond acceptors (Lipinski definition) is 3. The van der Waals surface area contributed by atoms with Crippen molar-refractivity contribution in [2.45, 2.75) is 0 Å². The third-order valence-electron chi connectivity index (χ3n) is 2.94. The SMILES string of the molecule is Nc1c(-c2cccs2)cc(-c2ccccc2)[nH]c1=O. The zero-order valence-electron chi connectivity index (χ0n) is 10.1. The summed E-state index contributed by atoms with van der Waals surface area (Å²) in [4.78, 5) is 15.8. The van der Waals surface area contributed by atoms with Crippen LogP contribution in [0.15, 0.2) is 58.7 Å². The van der Waals surface area contributed by atoms with Gasteiger partial charge < -0.3 is 10.7 Å². The second-order valence-corrected chi connectivity index (χ2v) is 5.13. The Hall–Kier alpha value is -2.33. The van der Waals surface area contributed by atoms with E-state index in [0.717, 1.165) is 21.7 Å². The zero-order chi connectivity index (χ0) is 13.2. The quantitative estimate of drug-likeness (QED) is 0.748. The summed E-state index contributed by atoms with van der Waals surface area (Å²) in [5, 5.41) is 1.97. The second-order valence-electron chi connectivity index (χ2n) is 4.18. The number of anilines is 1. The van der Waals surface area contributed by atoms with E-state index in [0.29, 0.717) is 0 Å². The van der Waals surface area contributed by atoms with Crippen LogP contribution in [0.2, 0.25) is 0 Å². The van der Waals surface area contributed by atoms with E-state index in [-0.39, 0.29) is 11.2 Å². The van der Waals surface area contributed by atoms with Crippen LogP contribution in [0.5, 0.6) is 0 Å². The van der Waals surface area contributed by atoms with Gasteiger partial charge >= 0.3 is 0 Å². The van der Waals surface area contributed by atoms with Crippen molar-refractivity contribution in [2.75, 3.05) is 5.73 Å². The summed E-state index contributed by atoms with van der Waals surface area (Å²) in [5.41, 5.74) is 8.44. The molecule has 0 amide bonds. The van der Waals surface area contributed by atoms with E-state index in [1.165, 1.54) is 0 Å². The first-order chi connectivity index (χ1) is 9.25. The molecular weight excluding hydrogens is 256 g/mol. The highest BCUT2D eigenvalue weighted by molar-refractivity contribution is 7.13. The molecular formula is C15H12N2OS. The van der Waals surface area contributed by atoms with Crippen LogP contribution < -0.4 is 11.3 Å². The van der Waals surface area contributed by atoms with E-state index >= 15 is 0 Å². The number of H-pyrrole nitrogens is 1. The molecule has 4 heteroatoms. The molecule has 0 bridgehead atoms. The summed E-state index contributed by atoms with van der Waals surface area (Å²) in [6.07, 6.45) is 0. The molecule has 0 unspecified atom stereocenters. The molecule has 94 valence electrons. The maximum atomic E-state index is 12.0. The molecule has 19 heavy (non-hydrogen) atoms. The molecule has 0 saturated carbocycles. The lowest BCUT2D eigenvalue weighted by atomic mass is 10.1. The Balaban J connectivity index is 2.22. The van der Waals surface area contributed by atoms with Crippen molar-refractivity contribution in [3.8, 4) is 21.7 Å². The Bertz CT molecular complexity index is 746. The van der Waals surface area contributed by atoms with E-state index in [9.17, 15) is 4.79 Å². The van der Waals surface area contributed by atoms with Crippen LogP contribution >= 0.6 is 11.3 Å². The molecule has 2 aromatic heterocycles. The minimum atomic E-state index is -0.246. The van der Waals surface area contributed by atoms with Crippen molar-refractivity contribution < 1.29 is 0 Å². The molecule has 0 aliphatic carbocycles. The summed E-state index contributed by atoms with van der Waals surface area (Å²) >= 11 is 1.57. The van der Waals surface area contributed by atoms with Gasteiger partial charge in [-0.2, -0.15) is 0 Å². The van der Waals surface area contributed by atoms with Gasteiger partial charge in [-0.3, -0.25) is 4.79 Å². The molecule has 3 N–H and O–H groups in total. The molecule has 0 fully saturated rings. The van der Waals surface area contributed by atoms with Crippen LogP contribution in [0, 0.1) is 0 Å². The van der Waals surface area contributed by atoms with Gasteiger partial charge in [0.15, 0.2) is 0 Å². The number of aromatic nitrogens is 1. The van der Waals surface area contributed by atoms with E-state index in [1.54, 1.807) is 11.3 Å². The Morgan fingerprint density at radius 2 is 1.84 bits per heavy atom. The number of rotatable bonds is 2. The normalized spacial score (nSPS) is 10.5. The van der Waals surface area contributed by atoms with Gasteiger partial charge in [0.2, 0.25) is 0 Å². The lowest BCUT2D eigenvalue weighted by Gasteiger charge is -2.07. The largest absolute Gasteiger partial charge is 0.394 e. The van der Waals surface area contributed by atoms with Crippen LogP contribution in [0.25, 0.3) is 21.7 Å². The molecule has 0 aliphatic rings. The van der Waals surface area contributed by atoms with Gasteiger partial charge in [-0.25, -0.2) is 0 Å². The monoisotopic (exact) mass is 268 g/mol. The summed E-state index contributed by atoms with van der Waals surface area (Å²) in [6.45, 7) is 0. The van der Waals surface area contributed by atoms with Crippen LogP contribution in [0.4, 0.5) is 5.69 Å². The molecule has 3 aromatic rings. The van der Waals surface area contributed by atoms with Crippen molar-refractivity contribution in [3.63, 3.8) is 0 Å². The Labute approximate surface area is 114 Å². The van der Waals surface area contributed by atoms with Crippen LogP contribution in [-0.2, 0) is 0 Å². The first-order valence-corrected chi connectivity index (χ1v) is 6.76. The van der Waals surface area contributed by atoms with Gasteiger partial charge in [-0.1, -0.05) is 36.4 Å². The summed E-state index contributed by atoms with van der Waals surface area (Å²) in [5.74, 6) is 0. The molecule has 0 spiro atoms. The predicted octanol–water partition coefficient (Wildman–Crippen LogP) is 3.35. The topological polar surface area (TPSA) is 58.9 Å². The smallest absolute Gasteiger partial charge is 0.272 e. The van der Waals surface area contributed by atoms with Gasteiger partial charge in [0, 0.05) is 16.1 Å². The van der Waals surface area contributed by atoms with E-state index < -0.39 is 0 Å². The Kier molecular flexibility index (Phi) is 2.93. The fourth-order valence-corrected chi connectivity index (χ4v) is 2.74. The minimum absolute atomic E-state index is 0.246. The van der Waals surface area contributed by atoms with Gasteiger partial charge in [-0.05, 0) is 23.1 Å².